The molecule has 0 spiro atoms. The minimum atomic E-state index is -0.194. The fraction of sp³-hybridized carbons (Fsp3) is 0.300. The molecule has 0 unspecified atom stereocenters. The molecular formula is C20H25N3O3. The predicted octanol–water partition coefficient (Wildman–Crippen LogP) is 3.27. The Balaban J connectivity index is 1.87. The van der Waals surface area contributed by atoms with Gasteiger partial charge in [0.15, 0.2) is 0 Å². The maximum atomic E-state index is 12.1. The quantitative estimate of drug-likeness (QED) is 0.679. The van der Waals surface area contributed by atoms with E-state index in [-0.39, 0.29) is 24.5 Å². The molecule has 0 aliphatic heterocycles. The highest BCUT2D eigenvalue weighted by Crippen LogP contribution is 2.17. The molecule has 0 aliphatic rings. The highest BCUT2D eigenvalue weighted by Gasteiger charge is 2.07. The van der Waals surface area contributed by atoms with Gasteiger partial charge in [-0.3, -0.25) is 9.59 Å². The highest BCUT2D eigenvalue weighted by molar-refractivity contribution is 5.98. The maximum absolute atomic E-state index is 12.1. The molecule has 2 aromatic carbocycles. The van der Waals surface area contributed by atoms with Gasteiger partial charge in [-0.05, 0) is 63.2 Å². The number of benzene rings is 2. The van der Waals surface area contributed by atoms with E-state index in [1.807, 2.05) is 45.0 Å². The van der Waals surface area contributed by atoms with Crippen LogP contribution in [0.5, 0.6) is 5.75 Å². The molecule has 0 saturated heterocycles. The van der Waals surface area contributed by atoms with Crippen LogP contribution in [-0.2, 0) is 4.79 Å². The molecule has 2 amide bonds. The molecule has 0 aromatic heterocycles. The fourth-order valence-corrected chi connectivity index (χ4v) is 2.31. The Kier molecular flexibility index (Phi) is 7.02. The van der Waals surface area contributed by atoms with Crippen LogP contribution in [-0.4, -0.2) is 31.0 Å². The smallest absolute Gasteiger partial charge is 0.251 e. The summed E-state index contributed by atoms with van der Waals surface area (Å²) in [5.41, 5.74) is 1.92. The normalized spacial score (nSPS) is 10.3. The number of nitrogens with one attached hydrogen (secondary N) is 3. The molecule has 0 saturated carbocycles. The molecule has 138 valence electrons. The lowest BCUT2D eigenvalue weighted by atomic mass is 10.2. The van der Waals surface area contributed by atoms with Crippen LogP contribution in [0.15, 0.2) is 48.5 Å². The summed E-state index contributed by atoms with van der Waals surface area (Å²) in [6, 6.07) is 14.3. The van der Waals surface area contributed by atoms with Crippen molar-refractivity contribution in [3.8, 4) is 5.75 Å². The average molecular weight is 355 g/mol. The van der Waals surface area contributed by atoms with Gasteiger partial charge < -0.3 is 20.7 Å². The Morgan fingerprint density at radius 1 is 1.04 bits per heavy atom. The van der Waals surface area contributed by atoms with Gasteiger partial charge in [-0.2, -0.15) is 0 Å². The van der Waals surface area contributed by atoms with E-state index in [4.69, 9.17) is 4.74 Å². The topological polar surface area (TPSA) is 79.5 Å². The lowest BCUT2D eigenvalue weighted by molar-refractivity contribution is -0.114. The Bertz CT molecular complexity index is 742. The van der Waals surface area contributed by atoms with Crippen molar-refractivity contribution >= 4 is 23.2 Å². The van der Waals surface area contributed by atoms with Crippen molar-refractivity contribution in [3.05, 3.63) is 54.1 Å². The van der Waals surface area contributed by atoms with Crippen molar-refractivity contribution in [1.82, 2.24) is 5.32 Å². The van der Waals surface area contributed by atoms with Crippen LogP contribution < -0.4 is 20.7 Å². The minimum Gasteiger partial charge on any atom is -0.491 e. The number of hydrogen-bond acceptors (Lipinski definition) is 4. The van der Waals surface area contributed by atoms with Crippen LogP contribution in [0, 0.1) is 0 Å². The second kappa shape index (κ2) is 9.46. The third kappa shape index (κ3) is 6.12. The number of hydrogen-bond donors (Lipinski definition) is 3. The van der Waals surface area contributed by atoms with Gasteiger partial charge in [0.05, 0.1) is 12.6 Å². The zero-order valence-electron chi connectivity index (χ0n) is 15.3. The molecule has 2 aromatic rings. The zero-order chi connectivity index (χ0) is 18.9. The molecule has 2 rings (SSSR count). The first-order valence-electron chi connectivity index (χ1n) is 8.66. The Morgan fingerprint density at radius 3 is 2.42 bits per heavy atom. The van der Waals surface area contributed by atoms with E-state index < -0.39 is 0 Å². The third-order valence-corrected chi connectivity index (χ3v) is 3.43. The van der Waals surface area contributed by atoms with E-state index in [0.29, 0.717) is 17.8 Å². The van der Waals surface area contributed by atoms with Gasteiger partial charge in [-0.1, -0.05) is 6.07 Å². The van der Waals surface area contributed by atoms with Gasteiger partial charge in [0, 0.05) is 23.5 Å². The molecule has 3 N–H and O–H groups in total. The lowest BCUT2D eigenvalue weighted by Crippen LogP contribution is -2.24. The number of amides is 2. The molecule has 0 bridgehead atoms. The molecule has 26 heavy (non-hydrogen) atoms. The molecule has 0 aliphatic carbocycles. The molecular weight excluding hydrogens is 330 g/mol. The van der Waals surface area contributed by atoms with Gasteiger partial charge in [-0.15, -0.1) is 0 Å². The van der Waals surface area contributed by atoms with E-state index in [1.165, 1.54) is 0 Å². The largest absolute Gasteiger partial charge is 0.491 e. The first-order chi connectivity index (χ1) is 12.5. The average Bonchev–Trinajstić information content (AvgIpc) is 2.61. The van der Waals surface area contributed by atoms with Crippen molar-refractivity contribution in [2.24, 2.45) is 0 Å². The van der Waals surface area contributed by atoms with Gasteiger partial charge >= 0.3 is 0 Å². The third-order valence-electron chi connectivity index (χ3n) is 3.43. The maximum Gasteiger partial charge on any atom is 0.251 e. The van der Waals surface area contributed by atoms with Crippen LogP contribution >= 0.6 is 0 Å². The van der Waals surface area contributed by atoms with Crippen molar-refractivity contribution in [2.45, 2.75) is 26.9 Å². The molecule has 0 radical (unpaired) electrons. The van der Waals surface area contributed by atoms with E-state index in [2.05, 4.69) is 16.0 Å². The summed E-state index contributed by atoms with van der Waals surface area (Å²) in [5.74, 6) is 0.433. The van der Waals surface area contributed by atoms with Crippen LogP contribution in [0.3, 0.4) is 0 Å². The number of carbonyl (C=O) groups is 2. The number of anilines is 2. The second-order valence-corrected chi connectivity index (χ2v) is 6.03. The number of ether oxygens (including phenoxy) is 1. The minimum absolute atomic E-state index is 0.120. The summed E-state index contributed by atoms with van der Waals surface area (Å²) in [7, 11) is 0. The molecule has 6 heteroatoms. The van der Waals surface area contributed by atoms with Crippen LogP contribution in [0.2, 0.25) is 0 Å². The molecule has 0 atom stereocenters. The summed E-state index contributed by atoms with van der Waals surface area (Å²) >= 11 is 0. The molecule has 6 nitrogen and oxygen atoms in total. The van der Waals surface area contributed by atoms with Crippen molar-refractivity contribution in [2.75, 3.05) is 23.7 Å². The van der Waals surface area contributed by atoms with E-state index >= 15 is 0 Å². The van der Waals surface area contributed by atoms with E-state index in [0.717, 1.165) is 11.4 Å². The highest BCUT2D eigenvalue weighted by atomic mass is 16.5. The van der Waals surface area contributed by atoms with Crippen molar-refractivity contribution < 1.29 is 14.3 Å². The predicted molar refractivity (Wildman–Crippen MR) is 104 cm³/mol. The van der Waals surface area contributed by atoms with Gasteiger partial charge in [0.25, 0.3) is 5.91 Å². The lowest BCUT2D eigenvalue weighted by Gasteiger charge is -2.11. The monoisotopic (exact) mass is 355 g/mol. The summed E-state index contributed by atoms with van der Waals surface area (Å²) in [5, 5.41) is 8.57. The molecule has 0 fully saturated rings. The first kappa shape index (κ1) is 19.3. The Labute approximate surface area is 153 Å². The van der Waals surface area contributed by atoms with Crippen molar-refractivity contribution in [3.63, 3.8) is 0 Å². The zero-order valence-corrected chi connectivity index (χ0v) is 15.3. The van der Waals surface area contributed by atoms with Gasteiger partial charge in [0.2, 0.25) is 5.91 Å². The summed E-state index contributed by atoms with van der Waals surface area (Å²) < 4.78 is 5.58. The summed E-state index contributed by atoms with van der Waals surface area (Å²) in [6.07, 6.45) is 0.120. The van der Waals surface area contributed by atoms with E-state index in [1.54, 1.807) is 24.3 Å². The fourth-order valence-electron chi connectivity index (χ4n) is 2.31. The van der Waals surface area contributed by atoms with Gasteiger partial charge in [0.1, 0.15) is 5.75 Å². The number of rotatable bonds is 8. The summed E-state index contributed by atoms with van der Waals surface area (Å²) in [6.45, 7) is 6.47. The van der Waals surface area contributed by atoms with Crippen LogP contribution in [0.25, 0.3) is 0 Å². The second-order valence-electron chi connectivity index (χ2n) is 6.03. The van der Waals surface area contributed by atoms with Crippen LogP contribution in [0.4, 0.5) is 11.4 Å². The van der Waals surface area contributed by atoms with Crippen molar-refractivity contribution in [1.29, 1.82) is 0 Å². The SMILES string of the molecule is CCNC(=O)c1cccc(NC(=O)CNc2ccc(OC(C)C)cc2)c1. The summed E-state index contributed by atoms with van der Waals surface area (Å²) in [4.78, 5) is 23.9. The Hall–Kier alpha value is -3.02. The number of carbonyl (C=O) groups excluding carboxylic acids is 2. The first-order valence-corrected chi connectivity index (χ1v) is 8.66. The van der Waals surface area contributed by atoms with Gasteiger partial charge in [-0.25, -0.2) is 0 Å². The van der Waals surface area contributed by atoms with E-state index in [9.17, 15) is 9.59 Å². The standard InChI is InChI=1S/C20H25N3O3/c1-4-21-20(25)15-6-5-7-17(12-15)23-19(24)13-22-16-8-10-18(11-9-16)26-14(2)3/h5-12,14,22H,4,13H2,1-3H3,(H,21,25)(H,23,24). The Morgan fingerprint density at radius 2 is 1.77 bits per heavy atom. The molecule has 0 heterocycles. The van der Waals surface area contributed by atoms with Crippen LogP contribution in [0.1, 0.15) is 31.1 Å².